The lowest BCUT2D eigenvalue weighted by Gasteiger charge is -2.19. The summed E-state index contributed by atoms with van der Waals surface area (Å²) in [4.78, 5) is 22.8. The van der Waals surface area contributed by atoms with Gasteiger partial charge in [0.1, 0.15) is 0 Å². The van der Waals surface area contributed by atoms with Gasteiger partial charge in [0, 0.05) is 12.1 Å². The molecule has 0 saturated heterocycles. The monoisotopic (exact) mass is 290 g/mol. The molecule has 0 heterocycles. The van der Waals surface area contributed by atoms with Gasteiger partial charge in [-0.15, -0.1) is 0 Å². The lowest BCUT2D eigenvalue weighted by atomic mass is 10.1. The summed E-state index contributed by atoms with van der Waals surface area (Å²) >= 11 is 0. The third-order valence-electron chi connectivity index (χ3n) is 3.66. The largest absolute Gasteiger partial charge is 0.481 e. The zero-order valence-electron chi connectivity index (χ0n) is 12.2. The predicted molar refractivity (Wildman–Crippen MR) is 80.0 cm³/mol. The van der Waals surface area contributed by atoms with Crippen molar-refractivity contribution < 1.29 is 14.7 Å². The molecule has 2 unspecified atom stereocenters. The van der Waals surface area contributed by atoms with E-state index < -0.39 is 5.97 Å². The van der Waals surface area contributed by atoms with Crippen molar-refractivity contribution in [3.8, 4) is 0 Å². The molecule has 0 radical (unpaired) electrons. The van der Waals surface area contributed by atoms with Crippen LogP contribution in [0, 0.1) is 5.92 Å². The van der Waals surface area contributed by atoms with Crippen molar-refractivity contribution in [2.75, 3.05) is 0 Å². The second-order valence-corrected chi connectivity index (χ2v) is 5.75. The second-order valence-electron chi connectivity index (χ2n) is 5.75. The Bertz CT molecular complexity index is 486. The number of benzene rings is 1. The number of carboxylic acids is 1. The fourth-order valence-electron chi connectivity index (χ4n) is 2.47. The zero-order valence-corrected chi connectivity index (χ0v) is 12.2. The number of hydrogen-bond acceptors (Lipinski definition) is 2. The highest BCUT2D eigenvalue weighted by Gasteiger charge is 2.33. The molecule has 2 amide bonds. The molecule has 0 aromatic heterocycles. The first-order chi connectivity index (χ1) is 10.0. The summed E-state index contributed by atoms with van der Waals surface area (Å²) in [6.45, 7) is 1.94. The van der Waals surface area contributed by atoms with E-state index in [2.05, 4.69) is 10.6 Å². The van der Waals surface area contributed by atoms with Gasteiger partial charge in [-0.1, -0.05) is 30.3 Å². The number of carbonyl (C=O) groups excluding carboxylic acids is 1. The fraction of sp³-hybridized carbons (Fsp3) is 0.500. The smallest absolute Gasteiger partial charge is 0.315 e. The number of urea groups is 1. The third-order valence-corrected chi connectivity index (χ3v) is 3.66. The molecule has 1 aliphatic rings. The lowest BCUT2D eigenvalue weighted by molar-refractivity contribution is -0.137. The molecule has 0 aliphatic heterocycles. The number of amides is 2. The Labute approximate surface area is 124 Å². The number of carbonyl (C=O) groups is 2. The second kappa shape index (κ2) is 7.11. The Morgan fingerprint density at radius 3 is 2.48 bits per heavy atom. The molecular formula is C16H22N2O3. The van der Waals surface area contributed by atoms with Crippen LogP contribution in [0.1, 0.15) is 31.7 Å². The van der Waals surface area contributed by atoms with Crippen LogP contribution in [0.15, 0.2) is 30.3 Å². The number of rotatable bonds is 7. The van der Waals surface area contributed by atoms with Gasteiger partial charge in [0.05, 0.1) is 6.42 Å². The predicted octanol–water partition coefficient (Wildman–Crippen LogP) is 2.17. The first-order valence-electron chi connectivity index (χ1n) is 7.37. The van der Waals surface area contributed by atoms with E-state index >= 15 is 0 Å². The van der Waals surface area contributed by atoms with Gasteiger partial charge < -0.3 is 15.7 Å². The van der Waals surface area contributed by atoms with E-state index in [1.165, 1.54) is 0 Å². The zero-order chi connectivity index (χ0) is 15.2. The van der Waals surface area contributed by atoms with Crippen molar-refractivity contribution in [1.29, 1.82) is 0 Å². The molecule has 2 atom stereocenters. The molecule has 2 rings (SSSR count). The Morgan fingerprint density at radius 2 is 1.90 bits per heavy atom. The van der Waals surface area contributed by atoms with Gasteiger partial charge in [-0.2, -0.15) is 0 Å². The van der Waals surface area contributed by atoms with Crippen LogP contribution < -0.4 is 10.6 Å². The van der Waals surface area contributed by atoms with Crippen molar-refractivity contribution in [1.82, 2.24) is 10.6 Å². The van der Waals surface area contributed by atoms with Crippen molar-refractivity contribution in [3.63, 3.8) is 0 Å². The summed E-state index contributed by atoms with van der Waals surface area (Å²) in [6.07, 6.45) is 2.74. The van der Waals surface area contributed by atoms with Gasteiger partial charge in [-0.25, -0.2) is 4.79 Å². The molecule has 0 bridgehead atoms. The minimum absolute atomic E-state index is 0.00270. The molecule has 114 valence electrons. The van der Waals surface area contributed by atoms with E-state index in [0.29, 0.717) is 5.92 Å². The fourth-order valence-corrected chi connectivity index (χ4v) is 2.47. The summed E-state index contributed by atoms with van der Waals surface area (Å²) in [5.74, 6) is -0.555. The van der Waals surface area contributed by atoms with Crippen molar-refractivity contribution in [3.05, 3.63) is 35.9 Å². The molecule has 21 heavy (non-hydrogen) atoms. The number of hydrogen-bond donors (Lipinski definition) is 3. The standard InChI is InChI=1S/C16H22N2O3/c1-11(9-12-5-3-2-4-6-12)17-16(21)18-14(10-15(19)20)13-7-8-13/h2-6,11,13-14H,7-10H2,1H3,(H,19,20)(H2,17,18,21). The van der Waals surface area contributed by atoms with Crippen molar-refractivity contribution in [2.45, 2.75) is 44.7 Å². The molecule has 1 fully saturated rings. The molecule has 0 spiro atoms. The summed E-state index contributed by atoms with van der Waals surface area (Å²) in [6, 6.07) is 9.40. The minimum atomic E-state index is -0.871. The third kappa shape index (κ3) is 5.45. The molecular weight excluding hydrogens is 268 g/mol. The van der Waals surface area contributed by atoms with E-state index in [0.717, 1.165) is 24.8 Å². The summed E-state index contributed by atoms with van der Waals surface area (Å²) < 4.78 is 0. The highest BCUT2D eigenvalue weighted by molar-refractivity contribution is 5.76. The SMILES string of the molecule is CC(Cc1ccccc1)NC(=O)NC(CC(=O)O)C1CC1. The molecule has 3 N–H and O–H groups in total. The van der Waals surface area contributed by atoms with Crippen LogP contribution >= 0.6 is 0 Å². The van der Waals surface area contributed by atoms with Gasteiger partial charge in [0.2, 0.25) is 0 Å². The van der Waals surface area contributed by atoms with E-state index in [1.54, 1.807) is 0 Å². The van der Waals surface area contributed by atoms with Crippen LogP contribution in [0.5, 0.6) is 0 Å². The van der Waals surface area contributed by atoms with Gasteiger partial charge in [-0.3, -0.25) is 4.79 Å². The maximum atomic E-state index is 12.0. The van der Waals surface area contributed by atoms with Crippen LogP contribution in [0.2, 0.25) is 0 Å². The van der Waals surface area contributed by atoms with Crippen LogP contribution in [0.25, 0.3) is 0 Å². The van der Waals surface area contributed by atoms with Crippen LogP contribution in [-0.4, -0.2) is 29.2 Å². The maximum absolute atomic E-state index is 12.0. The summed E-state index contributed by atoms with van der Waals surface area (Å²) in [5.41, 5.74) is 1.16. The molecule has 5 heteroatoms. The average Bonchev–Trinajstić information content (AvgIpc) is 3.22. The molecule has 1 aromatic carbocycles. The Hall–Kier alpha value is -2.04. The first kappa shape index (κ1) is 15.4. The van der Waals surface area contributed by atoms with Gasteiger partial charge in [-0.05, 0) is 37.7 Å². The van der Waals surface area contributed by atoms with Crippen LogP contribution in [0.4, 0.5) is 4.79 Å². The van der Waals surface area contributed by atoms with Crippen LogP contribution in [-0.2, 0) is 11.2 Å². The van der Waals surface area contributed by atoms with Gasteiger partial charge in [0.25, 0.3) is 0 Å². The lowest BCUT2D eigenvalue weighted by Crippen LogP contribution is -2.47. The van der Waals surface area contributed by atoms with E-state index in [9.17, 15) is 9.59 Å². The highest BCUT2D eigenvalue weighted by atomic mass is 16.4. The molecule has 1 aliphatic carbocycles. The van der Waals surface area contributed by atoms with Crippen molar-refractivity contribution >= 4 is 12.0 Å². The Balaban J connectivity index is 1.78. The summed E-state index contributed by atoms with van der Waals surface area (Å²) in [5, 5.41) is 14.5. The van der Waals surface area contributed by atoms with E-state index in [-0.39, 0.29) is 24.5 Å². The summed E-state index contributed by atoms with van der Waals surface area (Å²) in [7, 11) is 0. The normalized spacial score (nSPS) is 16.8. The van der Waals surface area contributed by atoms with Crippen molar-refractivity contribution in [2.24, 2.45) is 5.92 Å². The average molecular weight is 290 g/mol. The minimum Gasteiger partial charge on any atom is -0.481 e. The molecule has 1 saturated carbocycles. The Kier molecular flexibility index (Phi) is 5.20. The quantitative estimate of drug-likeness (QED) is 0.720. The van der Waals surface area contributed by atoms with Crippen LogP contribution in [0.3, 0.4) is 0 Å². The first-order valence-corrected chi connectivity index (χ1v) is 7.37. The molecule has 5 nitrogen and oxygen atoms in total. The maximum Gasteiger partial charge on any atom is 0.315 e. The van der Waals surface area contributed by atoms with E-state index in [4.69, 9.17) is 5.11 Å². The van der Waals surface area contributed by atoms with Gasteiger partial charge in [0.15, 0.2) is 0 Å². The topological polar surface area (TPSA) is 78.4 Å². The van der Waals surface area contributed by atoms with E-state index in [1.807, 2.05) is 37.3 Å². The number of carboxylic acid groups (broad SMARTS) is 1. The van der Waals surface area contributed by atoms with Gasteiger partial charge >= 0.3 is 12.0 Å². The molecule has 1 aromatic rings. The number of nitrogens with one attached hydrogen (secondary N) is 2. The highest BCUT2D eigenvalue weighted by Crippen LogP contribution is 2.33. The Morgan fingerprint density at radius 1 is 1.24 bits per heavy atom. The number of aliphatic carboxylic acids is 1.